The molecule has 0 radical (unpaired) electrons. The van der Waals surface area contributed by atoms with Crippen LogP contribution >= 0.6 is 0 Å². The van der Waals surface area contributed by atoms with Gasteiger partial charge in [-0.1, -0.05) is 67.4 Å². The van der Waals surface area contributed by atoms with Gasteiger partial charge in [-0.3, -0.25) is 9.59 Å². The van der Waals surface area contributed by atoms with E-state index in [-0.39, 0.29) is 11.8 Å². The van der Waals surface area contributed by atoms with Gasteiger partial charge in [0.05, 0.1) is 0 Å². The Bertz CT molecular complexity index is 1030. The fourth-order valence-electron chi connectivity index (χ4n) is 3.95. The van der Waals surface area contributed by atoms with Gasteiger partial charge in [-0.2, -0.15) is 0 Å². The van der Waals surface area contributed by atoms with Crippen molar-refractivity contribution >= 4 is 17.9 Å². The van der Waals surface area contributed by atoms with Crippen LogP contribution in [0.3, 0.4) is 0 Å². The highest BCUT2D eigenvalue weighted by Gasteiger charge is 2.35. The quantitative estimate of drug-likeness (QED) is 0.474. The fourth-order valence-corrected chi connectivity index (χ4v) is 3.95. The molecule has 0 spiro atoms. The van der Waals surface area contributed by atoms with Crippen LogP contribution < -0.4 is 10.6 Å². The molecule has 7 heteroatoms. The van der Waals surface area contributed by atoms with Gasteiger partial charge in [0.25, 0.3) is 0 Å². The van der Waals surface area contributed by atoms with Crippen molar-refractivity contribution in [1.29, 1.82) is 0 Å². The Labute approximate surface area is 215 Å². The lowest BCUT2D eigenvalue weighted by atomic mass is 9.96. The number of alkyl carbamates (subject to hydrolysis) is 1. The summed E-state index contributed by atoms with van der Waals surface area (Å²) in [6.45, 7) is 13.6. The topological polar surface area (TPSA) is 87.7 Å². The zero-order valence-corrected chi connectivity index (χ0v) is 22.7. The summed E-state index contributed by atoms with van der Waals surface area (Å²) in [6, 6.07) is 13.8. The zero-order chi connectivity index (χ0) is 26.9. The van der Waals surface area contributed by atoms with Gasteiger partial charge in [-0.05, 0) is 64.7 Å². The van der Waals surface area contributed by atoms with Gasteiger partial charge in [0.1, 0.15) is 17.7 Å². The Balaban J connectivity index is 2.39. The minimum atomic E-state index is -0.869. The number of nitrogens with one attached hydrogen (secondary N) is 2. The predicted octanol–water partition coefficient (Wildman–Crippen LogP) is 5.20. The number of hydrogen-bond donors (Lipinski definition) is 2. The van der Waals surface area contributed by atoms with Gasteiger partial charge in [0, 0.05) is 13.1 Å². The summed E-state index contributed by atoms with van der Waals surface area (Å²) in [5.41, 5.74) is 3.05. The maximum Gasteiger partial charge on any atom is 0.408 e. The van der Waals surface area contributed by atoms with E-state index in [4.69, 9.17) is 4.74 Å². The second-order valence-electron chi connectivity index (χ2n) is 10.2. The molecule has 0 aliphatic heterocycles. The molecule has 0 saturated carbocycles. The highest BCUT2D eigenvalue weighted by atomic mass is 16.6. The van der Waals surface area contributed by atoms with Crippen LogP contribution in [-0.4, -0.2) is 41.0 Å². The zero-order valence-electron chi connectivity index (χ0n) is 22.7. The third-order valence-corrected chi connectivity index (χ3v) is 5.73. The van der Waals surface area contributed by atoms with E-state index >= 15 is 0 Å². The first kappa shape index (κ1) is 28.9. The Morgan fingerprint density at radius 3 is 2.28 bits per heavy atom. The second kappa shape index (κ2) is 13.1. The third-order valence-electron chi connectivity index (χ3n) is 5.73. The van der Waals surface area contributed by atoms with Crippen LogP contribution in [0.1, 0.15) is 75.8 Å². The summed E-state index contributed by atoms with van der Waals surface area (Å²) in [5.74, 6) is -0.603. The number of unbranched alkanes of at least 4 members (excludes halogenated alkanes) is 1. The van der Waals surface area contributed by atoms with Crippen molar-refractivity contribution in [1.82, 2.24) is 15.5 Å². The maximum atomic E-state index is 13.7. The van der Waals surface area contributed by atoms with E-state index in [0.29, 0.717) is 13.1 Å². The first-order valence-electron chi connectivity index (χ1n) is 12.6. The van der Waals surface area contributed by atoms with Gasteiger partial charge in [-0.15, -0.1) is 0 Å². The largest absolute Gasteiger partial charge is 0.444 e. The molecule has 2 N–H and O–H groups in total. The number of rotatable bonds is 10. The lowest BCUT2D eigenvalue weighted by Gasteiger charge is -2.34. The maximum absolute atomic E-state index is 13.7. The summed E-state index contributed by atoms with van der Waals surface area (Å²) in [5, 5.41) is 5.65. The van der Waals surface area contributed by atoms with Crippen molar-refractivity contribution in [2.45, 2.75) is 85.5 Å². The summed E-state index contributed by atoms with van der Waals surface area (Å²) in [6.07, 6.45) is 0.900. The molecular weight excluding hydrogens is 454 g/mol. The molecule has 0 bridgehead atoms. The molecule has 0 saturated heterocycles. The van der Waals surface area contributed by atoms with Crippen LogP contribution in [0.25, 0.3) is 0 Å². The number of benzene rings is 2. The van der Waals surface area contributed by atoms with E-state index in [1.54, 1.807) is 32.6 Å². The van der Waals surface area contributed by atoms with Crippen LogP contribution in [0, 0.1) is 13.8 Å². The normalized spacial score (nSPS) is 12.9. The molecular formula is C29H41N3O4. The average Bonchev–Trinajstić information content (AvgIpc) is 2.80. The summed E-state index contributed by atoms with van der Waals surface area (Å²) >= 11 is 0. The van der Waals surface area contributed by atoms with Crippen molar-refractivity contribution < 1.29 is 19.1 Å². The molecule has 7 nitrogen and oxygen atoms in total. The highest BCUT2D eigenvalue weighted by Crippen LogP contribution is 2.27. The molecule has 0 fully saturated rings. The third kappa shape index (κ3) is 8.70. The smallest absolute Gasteiger partial charge is 0.408 e. The SMILES string of the molecule is CCCCN(C(=O)C(C)NC(=O)OC(C)(C)C)C(C(=O)NCc1ccccc1)c1ccc(C)cc1C. The van der Waals surface area contributed by atoms with Gasteiger partial charge >= 0.3 is 6.09 Å². The van der Waals surface area contributed by atoms with Gasteiger partial charge in [0.15, 0.2) is 0 Å². The predicted molar refractivity (Wildman–Crippen MR) is 142 cm³/mol. The highest BCUT2D eigenvalue weighted by molar-refractivity contribution is 5.92. The van der Waals surface area contributed by atoms with Crippen LogP contribution in [0.5, 0.6) is 0 Å². The number of aryl methyl sites for hydroxylation is 2. The van der Waals surface area contributed by atoms with E-state index in [1.165, 1.54) is 0 Å². The minimum Gasteiger partial charge on any atom is -0.444 e. The number of carbonyl (C=O) groups excluding carboxylic acids is 3. The molecule has 0 aliphatic carbocycles. The van der Waals surface area contributed by atoms with Crippen molar-refractivity contribution in [2.75, 3.05) is 6.54 Å². The number of hydrogen-bond acceptors (Lipinski definition) is 4. The number of amides is 3. The number of carbonyl (C=O) groups is 3. The monoisotopic (exact) mass is 495 g/mol. The first-order valence-corrected chi connectivity index (χ1v) is 12.6. The second-order valence-corrected chi connectivity index (χ2v) is 10.2. The molecule has 2 aromatic carbocycles. The van der Waals surface area contributed by atoms with Crippen LogP contribution in [0.2, 0.25) is 0 Å². The van der Waals surface area contributed by atoms with Gasteiger partial charge in [-0.25, -0.2) is 4.79 Å². The van der Waals surface area contributed by atoms with Crippen LogP contribution in [0.15, 0.2) is 48.5 Å². The van der Waals surface area contributed by atoms with Gasteiger partial charge < -0.3 is 20.3 Å². The van der Waals surface area contributed by atoms with Gasteiger partial charge in [0.2, 0.25) is 11.8 Å². The van der Waals surface area contributed by atoms with E-state index in [9.17, 15) is 14.4 Å². The lowest BCUT2D eigenvalue weighted by Crippen LogP contribution is -2.52. The summed E-state index contributed by atoms with van der Waals surface area (Å²) in [4.78, 5) is 41.3. The van der Waals surface area contributed by atoms with E-state index in [2.05, 4.69) is 10.6 Å². The van der Waals surface area contributed by atoms with Crippen molar-refractivity contribution in [3.05, 3.63) is 70.8 Å². The average molecular weight is 496 g/mol. The van der Waals surface area contributed by atoms with Crippen molar-refractivity contribution in [3.63, 3.8) is 0 Å². The molecule has 2 unspecified atom stereocenters. The molecule has 3 amide bonds. The molecule has 36 heavy (non-hydrogen) atoms. The summed E-state index contributed by atoms with van der Waals surface area (Å²) < 4.78 is 5.33. The Kier molecular flexibility index (Phi) is 10.5. The Morgan fingerprint density at radius 2 is 1.69 bits per heavy atom. The Hall–Kier alpha value is -3.35. The summed E-state index contributed by atoms with van der Waals surface area (Å²) in [7, 11) is 0. The number of ether oxygens (including phenoxy) is 1. The first-order chi connectivity index (χ1) is 16.9. The Morgan fingerprint density at radius 1 is 1.03 bits per heavy atom. The van der Waals surface area contributed by atoms with E-state index in [1.807, 2.05) is 69.3 Å². The fraction of sp³-hybridized carbons (Fsp3) is 0.483. The van der Waals surface area contributed by atoms with Crippen LogP contribution in [-0.2, 0) is 20.9 Å². The molecule has 2 rings (SSSR count). The molecule has 2 atom stereocenters. The van der Waals surface area contributed by atoms with E-state index in [0.717, 1.165) is 35.1 Å². The lowest BCUT2D eigenvalue weighted by molar-refractivity contribution is -0.142. The molecule has 0 heterocycles. The van der Waals surface area contributed by atoms with Crippen molar-refractivity contribution in [2.24, 2.45) is 0 Å². The minimum absolute atomic E-state index is 0.264. The molecule has 2 aromatic rings. The van der Waals surface area contributed by atoms with Crippen LogP contribution in [0.4, 0.5) is 4.79 Å². The molecule has 0 aliphatic rings. The van der Waals surface area contributed by atoms with E-state index < -0.39 is 23.8 Å². The standard InChI is InChI=1S/C29H41N3O4/c1-8-9-17-32(27(34)22(4)31-28(35)36-29(5,6)7)25(24-16-15-20(2)18-21(24)3)26(33)30-19-23-13-11-10-12-14-23/h10-16,18,22,25H,8-9,17,19H2,1-7H3,(H,30,33)(H,31,35). The number of nitrogens with zero attached hydrogens (tertiary/aromatic N) is 1. The molecule has 0 aromatic heterocycles. The molecule has 196 valence electrons. The van der Waals surface area contributed by atoms with Crippen molar-refractivity contribution in [3.8, 4) is 0 Å².